The summed E-state index contributed by atoms with van der Waals surface area (Å²) in [6, 6.07) is 20.4. The number of ether oxygens (including phenoxy) is 1. The minimum absolute atomic E-state index is 0.125. The van der Waals surface area contributed by atoms with Crippen LogP contribution >= 0.6 is 0 Å². The number of aryl methyl sites for hydroxylation is 1. The number of nitrogens with zero attached hydrogens (tertiary/aromatic N) is 2. The van der Waals surface area contributed by atoms with Gasteiger partial charge in [0, 0.05) is 36.9 Å². The molecule has 3 aromatic carbocycles. The Morgan fingerprint density at radius 3 is 2.38 bits per heavy atom. The largest absolute Gasteiger partial charge is 0.497 e. The monoisotopic (exact) mass is 459 g/mol. The fourth-order valence-corrected chi connectivity index (χ4v) is 4.35. The summed E-state index contributed by atoms with van der Waals surface area (Å²) in [5.41, 5.74) is 4.30. The Bertz CT molecular complexity index is 1190. The Hall–Kier alpha value is -4.00. The molecule has 1 aliphatic rings. The molecule has 7 heteroatoms. The highest BCUT2D eigenvalue weighted by Gasteiger charge is 2.26. The second kappa shape index (κ2) is 9.87. The van der Waals surface area contributed by atoms with E-state index in [1.165, 1.54) is 17.3 Å². The van der Waals surface area contributed by atoms with Crippen molar-refractivity contribution in [1.82, 2.24) is 0 Å². The molecule has 34 heavy (non-hydrogen) atoms. The summed E-state index contributed by atoms with van der Waals surface area (Å²) < 4.78 is 5.16. The third-order valence-corrected chi connectivity index (χ3v) is 6.15. The Labute approximate surface area is 199 Å². The maximum atomic E-state index is 12.9. The van der Waals surface area contributed by atoms with E-state index in [0.717, 1.165) is 25.3 Å². The molecule has 0 unspecified atom stereocenters. The Balaban J connectivity index is 1.58. The third kappa shape index (κ3) is 4.98. The number of aromatic carboxylic acids is 1. The number of hydrogen-bond acceptors (Lipinski definition) is 5. The highest BCUT2D eigenvalue weighted by molar-refractivity contribution is 6.06. The van der Waals surface area contributed by atoms with Gasteiger partial charge in [-0.05, 0) is 74.0 Å². The van der Waals surface area contributed by atoms with Gasteiger partial charge in [-0.15, -0.1) is 0 Å². The lowest BCUT2D eigenvalue weighted by Crippen LogP contribution is -2.52. The second-order valence-electron chi connectivity index (χ2n) is 8.55. The van der Waals surface area contributed by atoms with Crippen molar-refractivity contribution in [3.63, 3.8) is 0 Å². The van der Waals surface area contributed by atoms with Crippen LogP contribution in [0.5, 0.6) is 5.75 Å². The molecule has 1 saturated heterocycles. The topological polar surface area (TPSA) is 82.1 Å². The van der Waals surface area contributed by atoms with Gasteiger partial charge in [-0.3, -0.25) is 4.79 Å². The van der Waals surface area contributed by atoms with Gasteiger partial charge in [-0.2, -0.15) is 0 Å². The minimum atomic E-state index is -1.04. The molecule has 0 radical (unpaired) electrons. The molecule has 3 aromatic rings. The van der Waals surface area contributed by atoms with Crippen molar-refractivity contribution in [2.24, 2.45) is 0 Å². The number of hydrogen-bond donors (Lipinski definition) is 2. The molecule has 0 saturated carbocycles. The molecule has 1 heterocycles. The van der Waals surface area contributed by atoms with E-state index >= 15 is 0 Å². The average Bonchev–Trinajstić information content (AvgIpc) is 2.84. The van der Waals surface area contributed by atoms with Gasteiger partial charge in [-0.25, -0.2) is 4.79 Å². The van der Waals surface area contributed by atoms with Crippen LogP contribution in [0.1, 0.15) is 33.2 Å². The summed E-state index contributed by atoms with van der Waals surface area (Å²) in [4.78, 5) is 29.1. The van der Waals surface area contributed by atoms with Crippen molar-refractivity contribution in [3.05, 3.63) is 83.4 Å². The van der Waals surface area contributed by atoms with E-state index in [2.05, 4.69) is 53.2 Å². The van der Waals surface area contributed by atoms with E-state index in [1.54, 1.807) is 43.5 Å². The lowest BCUT2D eigenvalue weighted by molar-refractivity contribution is 0.0696. The van der Waals surface area contributed by atoms with Gasteiger partial charge in [0.15, 0.2) is 0 Å². The van der Waals surface area contributed by atoms with Crippen LogP contribution in [-0.2, 0) is 0 Å². The quantitative estimate of drug-likeness (QED) is 0.558. The third-order valence-electron chi connectivity index (χ3n) is 6.15. The van der Waals surface area contributed by atoms with E-state index < -0.39 is 5.97 Å². The molecule has 0 bridgehead atoms. The summed E-state index contributed by atoms with van der Waals surface area (Å²) in [6.45, 7) is 6.57. The lowest BCUT2D eigenvalue weighted by Gasteiger charge is -2.43. The van der Waals surface area contributed by atoms with E-state index in [-0.39, 0.29) is 17.5 Å². The number of rotatable bonds is 6. The zero-order valence-electron chi connectivity index (χ0n) is 19.6. The number of carbonyl (C=O) groups is 2. The van der Waals surface area contributed by atoms with Gasteiger partial charge in [0.05, 0.1) is 24.0 Å². The summed E-state index contributed by atoms with van der Waals surface area (Å²) in [5, 5.41) is 12.4. The number of benzene rings is 3. The first-order chi connectivity index (χ1) is 16.4. The molecule has 1 aliphatic heterocycles. The SMILES string of the molecule is COc1ccc(C(=O)Nc2cc(C(=O)O)ccc2N2CCN(c3cccc(C)c3)[C@H](C)C2)cc1. The summed E-state index contributed by atoms with van der Waals surface area (Å²) in [5.74, 6) is -0.687. The number of carboxylic acids is 1. The van der Waals surface area contributed by atoms with Gasteiger partial charge in [-0.1, -0.05) is 12.1 Å². The predicted octanol–water partition coefficient (Wildman–Crippen LogP) is 4.67. The van der Waals surface area contributed by atoms with Crippen LogP contribution in [0.25, 0.3) is 0 Å². The average molecular weight is 460 g/mol. The predicted molar refractivity (Wildman–Crippen MR) is 135 cm³/mol. The first-order valence-electron chi connectivity index (χ1n) is 11.3. The van der Waals surface area contributed by atoms with Crippen molar-refractivity contribution in [2.45, 2.75) is 19.9 Å². The smallest absolute Gasteiger partial charge is 0.335 e. The Kier molecular flexibility index (Phi) is 6.72. The molecule has 1 fully saturated rings. The number of piperazine rings is 1. The number of anilines is 3. The molecule has 0 spiro atoms. The number of methoxy groups -OCH3 is 1. The van der Waals surface area contributed by atoms with Crippen LogP contribution < -0.4 is 19.9 Å². The zero-order chi connectivity index (χ0) is 24.2. The molecule has 1 atom stereocenters. The fourth-order valence-electron chi connectivity index (χ4n) is 4.35. The molecule has 7 nitrogen and oxygen atoms in total. The molecule has 4 rings (SSSR count). The van der Waals surface area contributed by atoms with E-state index in [9.17, 15) is 14.7 Å². The highest BCUT2D eigenvalue weighted by atomic mass is 16.5. The summed E-state index contributed by atoms with van der Waals surface area (Å²) in [7, 11) is 1.57. The number of amides is 1. The van der Waals surface area contributed by atoms with Crippen LogP contribution in [0.3, 0.4) is 0 Å². The van der Waals surface area contributed by atoms with Gasteiger partial charge in [0.2, 0.25) is 0 Å². The van der Waals surface area contributed by atoms with Crippen LogP contribution in [-0.4, -0.2) is 49.8 Å². The Morgan fingerprint density at radius 1 is 1.00 bits per heavy atom. The van der Waals surface area contributed by atoms with E-state index in [4.69, 9.17) is 4.74 Å². The molecule has 176 valence electrons. The number of carbonyl (C=O) groups excluding carboxylic acids is 1. The second-order valence-corrected chi connectivity index (χ2v) is 8.55. The van der Waals surface area contributed by atoms with Crippen LogP contribution in [0.15, 0.2) is 66.7 Å². The minimum Gasteiger partial charge on any atom is -0.497 e. The van der Waals surface area contributed by atoms with Crippen molar-refractivity contribution >= 4 is 28.9 Å². The van der Waals surface area contributed by atoms with E-state index in [1.807, 2.05) is 0 Å². The van der Waals surface area contributed by atoms with Crippen molar-refractivity contribution in [3.8, 4) is 5.75 Å². The molecule has 1 amide bonds. The lowest BCUT2D eigenvalue weighted by atomic mass is 10.1. The maximum Gasteiger partial charge on any atom is 0.335 e. The van der Waals surface area contributed by atoms with Gasteiger partial charge < -0.3 is 25.0 Å². The number of carboxylic acid groups (broad SMARTS) is 1. The highest BCUT2D eigenvalue weighted by Crippen LogP contribution is 2.31. The fraction of sp³-hybridized carbons (Fsp3) is 0.259. The first-order valence-corrected chi connectivity index (χ1v) is 11.3. The van der Waals surface area contributed by atoms with E-state index in [0.29, 0.717) is 17.0 Å². The van der Waals surface area contributed by atoms with Gasteiger partial charge in [0.25, 0.3) is 5.91 Å². The standard InChI is InChI=1S/C27H29N3O4/c1-18-5-4-6-22(15-18)30-14-13-29(17-19(30)2)25-12-9-21(27(32)33)16-24(25)28-26(31)20-7-10-23(34-3)11-8-20/h4-12,15-16,19H,13-14,17H2,1-3H3,(H,28,31)(H,32,33)/t19-/m1/s1. The molecule has 0 aromatic heterocycles. The zero-order valence-corrected chi connectivity index (χ0v) is 19.6. The molecule has 2 N–H and O–H groups in total. The van der Waals surface area contributed by atoms with Crippen LogP contribution in [0.4, 0.5) is 17.1 Å². The first kappa shape index (κ1) is 23.2. The van der Waals surface area contributed by atoms with Gasteiger partial charge >= 0.3 is 5.97 Å². The molecule has 0 aliphatic carbocycles. The normalized spacial score (nSPS) is 15.7. The van der Waals surface area contributed by atoms with Crippen LogP contribution in [0, 0.1) is 6.92 Å². The summed E-state index contributed by atoms with van der Waals surface area (Å²) >= 11 is 0. The maximum absolute atomic E-state index is 12.9. The van der Waals surface area contributed by atoms with Crippen molar-refractivity contribution in [1.29, 1.82) is 0 Å². The van der Waals surface area contributed by atoms with Crippen molar-refractivity contribution < 1.29 is 19.4 Å². The van der Waals surface area contributed by atoms with Crippen LogP contribution in [0.2, 0.25) is 0 Å². The molecular weight excluding hydrogens is 430 g/mol. The molecular formula is C27H29N3O4. The summed E-state index contributed by atoms with van der Waals surface area (Å²) in [6.07, 6.45) is 0. The van der Waals surface area contributed by atoms with Gasteiger partial charge in [0.1, 0.15) is 5.75 Å². The van der Waals surface area contributed by atoms with Crippen molar-refractivity contribution in [2.75, 3.05) is 41.9 Å². The number of nitrogens with one attached hydrogen (secondary N) is 1. The Morgan fingerprint density at radius 2 is 1.74 bits per heavy atom.